The predicted molar refractivity (Wildman–Crippen MR) is 76.4 cm³/mol. The molecule has 1 aliphatic carbocycles. The average molecular weight is 325 g/mol. The van der Waals surface area contributed by atoms with Crippen molar-refractivity contribution in [1.82, 2.24) is 20.0 Å². The lowest BCUT2D eigenvalue weighted by atomic mass is 9.93. The number of hydrogen-bond acceptors (Lipinski definition) is 4. The maximum atomic E-state index is 4.42. The third-order valence-electron chi connectivity index (χ3n) is 3.13. The maximum absolute atomic E-state index is 4.42. The minimum atomic E-state index is 0.566. The summed E-state index contributed by atoms with van der Waals surface area (Å²) in [5.41, 5.74) is 1.92. The van der Waals surface area contributed by atoms with Crippen molar-refractivity contribution in [3.05, 3.63) is 26.4 Å². The van der Waals surface area contributed by atoms with Crippen molar-refractivity contribution in [2.24, 2.45) is 0 Å². The number of aryl methyl sites for hydroxylation is 1. The lowest BCUT2D eigenvalue weighted by Gasteiger charge is -2.24. The second-order valence-electron chi connectivity index (χ2n) is 4.45. The molecule has 1 saturated carbocycles. The zero-order chi connectivity index (χ0) is 12.5. The first-order valence-corrected chi connectivity index (χ1v) is 7.56. The molecule has 0 aliphatic heterocycles. The molecule has 4 nitrogen and oxygen atoms in total. The molecular weight excluding hydrogens is 312 g/mol. The highest BCUT2D eigenvalue weighted by molar-refractivity contribution is 9.11. The Morgan fingerprint density at radius 2 is 2.28 bits per heavy atom. The SMILES string of the molecule is Cc1nc(C=Cc2cn(C3CCC3)nn2)sc1Br. The zero-order valence-corrected chi connectivity index (χ0v) is 12.4. The molecule has 2 aromatic heterocycles. The molecule has 0 atom stereocenters. The summed E-state index contributed by atoms with van der Waals surface area (Å²) in [6.45, 7) is 1.99. The van der Waals surface area contributed by atoms with Crippen LogP contribution in [0.25, 0.3) is 12.2 Å². The van der Waals surface area contributed by atoms with Crippen LogP contribution in [-0.4, -0.2) is 20.0 Å². The minimum Gasteiger partial charge on any atom is -0.249 e. The van der Waals surface area contributed by atoms with Gasteiger partial charge >= 0.3 is 0 Å². The average Bonchev–Trinajstić information content (AvgIpc) is 2.82. The Hall–Kier alpha value is -1.01. The molecule has 2 heterocycles. The monoisotopic (exact) mass is 324 g/mol. The molecule has 0 aromatic carbocycles. The van der Waals surface area contributed by atoms with E-state index in [9.17, 15) is 0 Å². The van der Waals surface area contributed by atoms with E-state index >= 15 is 0 Å². The highest BCUT2D eigenvalue weighted by atomic mass is 79.9. The maximum Gasteiger partial charge on any atom is 0.117 e. The van der Waals surface area contributed by atoms with Gasteiger partial charge in [-0.2, -0.15) is 0 Å². The second-order valence-corrected chi connectivity index (χ2v) is 6.80. The molecule has 0 bridgehead atoms. The molecule has 94 valence electrons. The molecule has 3 rings (SSSR count). The van der Waals surface area contributed by atoms with E-state index in [1.165, 1.54) is 19.3 Å². The summed E-state index contributed by atoms with van der Waals surface area (Å²) in [4.78, 5) is 4.42. The fourth-order valence-electron chi connectivity index (χ4n) is 1.82. The molecule has 1 fully saturated rings. The summed E-state index contributed by atoms with van der Waals surface area (Å²) in [6, 6.07) is 0.566. The Balaban J connectivity index is 1.73. The van der Waals surface area contributed by atoms with Gasteiger partial charge in [-0.1, -0.05) is 5.21 Å². The summed E-state index contributed by atoms with van der Waals surface area (Å²) in [5.74, 6) is 0. The zero-order valence-electron chi connectivity index (χ0n) is 10.0. The molecule has 0 spiro atoms. The van der Waals surface area contributed by atoms with Crippen LogP contribution in [0, 0.1) is 6.92 Å². The number of aromatic nitrogens is 4. The van der Waals surface area contributed by atoms with Gasteiger partial charge in [-0.25, -0.2) is 9.67 Å². The van der Waals surface area contributed by atoms with E-state index in [4.69, 9.17) is 0 Å². The molecule has 0 amide bonds. The Labute approximate surface area is 118 Å². The summed E-state index contributed by atoms with van der Waals surface area (Å²) in [7, 11) is 0. The van der Waals surface area contributed by atoms with Crippen molar-refractivity contribution in [3.8, 4) is 0 Å². The number of thiazole rings is 1. The Morgan fingerprint density at radius 3 is 2.89 bits per heavy atom. The third kappa shape index (κ3) is 2.40. The highest BCUT2D eigenvalue weighted by Gasteiger charge is 2.20. The molecule has 2 aromatic rings. The number of nitrogens with zero attached hydrogens (tertiary/aromatic N) is 4. The minimum absolute atomic E-state index is 0.566. The fraction of sp³-hybridized carbons (Fsp3) is 0.417. The molecule has 0 radical (unpaired) electrons. The third-order valence-corrected chi connectivity index (χ3v) is 5.10. The van der Waals surface area contributed by atoms with Crippen molar-refractivity contribution in [3.63, 3.8) is 0 Å². The molecule has 18 heavy (non-hydrogen) atoms. The van der Waals surface area contributed by atoms with Gasteiger partial charge in [0.05, 0.1) is 21.7 Å². The Morgan fingerprint density at radius 1 is 1.44 bits per heavy atom. The lowest BCUT2D eigenvalue weighted by molar-refractivity contribution is 0.284. The molecule has 0 N–H and O–H groups in total. The quantitative estimate of drug-likeness (QED) is 0.864. The molecule has 6 heteroatoms. The van der Waals surface area contributed by atoms with Crippen LogP contribution in [0.4, 0.5) is 0 Å². The first-order valence-electron chi connectivity index (χ1n) is 5.95. The van der Waals surface area contributed by atoms with E-state index in [2.05, 4.69) is 31.2 Å². The molecule has 0 saturated heterocycles. The summed E-state index contributed by atoms with van der Waals surface area (Å²) >= 11 is 5.10. The smallest absolute Gasteiger partial charge is 0.117 e. The van der Waals surface area contributed by atoms with Crippen molar-refractivity contribution in [1.29, 1.82) is 0 Å². The van der Waals surface area contributed by atoms with Gasteiger partial charge in [0.25, 0.3) is 0 Å². The van der Waals surface area contributed by atoms with Crippen molar-refractivity contribution in [2.45, 2.75) is 32.2 Å². The van der Waals surface area contributed by atoms with E-state index in [0.717, 1.165) is 20.2 Å². The van der Waals surface area contributed by atoms with Gasteiger partial charge in [0.15, 0.2) is 0 Å². The van der Waals surface area contributed by atoms with Crippen LogP contribution in [0.15, 0.2) is 9.98 Å². The lowest BCUT2D eigenvalue weighted by Crippen LogP contribution is -2.17. The summed E-state index contributed by atoms with van der Waals surface area (Å²) in [6.07, 6.45) is 9.72. The summed E-state index contributed by atoms with van der Waals surface area (Å²) in [5, 5.41) is 9.30. The topological polar surface area (TPSA) is 43.6 Å². The van der Waals surface area contributed by atoms with Gasteiger partial charge < -0.3 is 0 Å². The van der Waals surface area contributed by atoms with E-state index in [1.54, 1.807) is 11.3 Å². The van der Waals surface area contributed by atoms with Crippen molar-refractivity contribution >= 4 is 39.4 Å². The van der Waals surface area contributed by atoms with Gasteiger partial charge in [-0.05, 0) is 54.3 Å². The van der Waals surface area contributed by atoms with Crippen LogP contribution in [-0.2, 0) is 0 Å². The van der Waals surface area contributed by atoms with Crippen LogP contribution in [0.1, 0.15) is 41.7 Å². The first kappa shape index (κ1) is 12.0. The van der Waals surface area contributed by atoms with Crippen LogP contribution in [0.5, 0.6) is 0 Å². The summed E-state index contributed by atoms with van der Waals surface area (Å²) < 4.78 is 3.06. The predicted octanol–water partition coefficient (Wildman–Crippen LogP) is 3.70. The largest absolute Gasteiger partial charge is 0.249 e. The standard InChI is InChI=1S/C12H13BrN4S/c1-8-12(13)18-11(14-8)6-5-9-7-17(16-15-9)10-3-2-4-10/h5-7,10H,2-4H2,1H3. The van der Waals surface area contributed by atoms with Crippen LogP contribution in [0.2, 0.25) is 0 Å². The number of rotatable bonds is 3. The van der Waals surface area contributed by atoms with E-state index in [-0.39, 0.29) is 0 Å². The first-order chi connectivity index (χ1) is 8.72. The molecular formula is C12H13BrN4S. The van der Waals surface area contributed by atoms with Crippen molar-refractivity contribution < 1.29 is 0 Å². The van der Waals surface area contributed by atoms with Crippen LogP contribution in [0.3, 0.4) is 0 Å². The number of halogens is 1. The van der Waals surface area contributed by atoms with Crippen LogP contribution < -0.4 is 0 Å². The van der Waals surface area contributed by atoms with Gasteiger partial charge in [-0.3, -0.25) is 0 Å². The normalized spacial score (nSPS) is 16.3. The Bertz CT molecular complexity index is 563. The molecule has 1 aliphatic rings. The van der Waals surface area contributed by atoms with Gasteiger partial charge in [0.2, 0.25) is 0 Å². The Kier molecular flexibility index (Phi) is 3.30. The number of hydrogen-bond donors (Lipinski definition) is 0. The second kappa shape index (κ2) is 4.93. The van der Waals surface area contributed by atoms with E-state index < -0.39 is 0 Å². The van der Waals surface area contributed by atoms with Gasteiger partial charge in [0, 0.05) is 0 Å². The van der Waals surface area contributed by atoms with Crippen molar-refractivity contribution in [2.75, 3.05) is 0 Å². The van der Waals surface area contributed by atoms with Gasteiger partial charge in [0.1, 0.15) is 10.7 Å². The fourth-order valence-corrected chi connectivity index (χ4v) is 3.10. The van der Waals surface area contributed by atoms with E-state index in [0.29, 0.717) is 6.04 Å². The van der Waals surface area contributed by atoms with Crippen LogP contribution >= 0.6 is 27.3 Å². The van der Waals surface area contributed by atoms with E-state index in [1.807, 2.05) is 30.0 Å². The molecule has 0 unspecified atom stereocenters. The van der Waals surface area contributed by atoms with Gasteiger partial charge in [-0.15, -0.1) is 16.4 Å². The highest BCUT2D eigenvalue weighted by Crippen LogP contribution is 2.30.